The molecule has 2 rings (SSSR count). The van der Waals surface area contributed by atoms with Gasteiger partial charge in [-0.05, 0) is 43.9 Å². The SMILES string of the molecule is CCOC(=O)[C@H](Cc1c[nH]c2ccccc12)NC(=O)[C@H](CC(C)C)NP(=O)([O-])OCCCN.[Li+]. The molecule has 1 heterocycles. The average Bonchev–Trinajstić information content (AvgIpc) is 3.15. The zero-order valence-electron chi connectivity index (χ0n) is 20.3. The molecule has 0 radical (unpaired) electrons. The molecule has 12 heteroatoms. The Kier molecular flexibility index (Phi) is 13.1. The number of hydrogen-bond acceptors (Lipinski definition) is 7. The predicted octanol–water partition coefficient (Wildman–Crippen LogP) is -1.40. The molecule has 184 valence electrons. The Bertz CT molecular complexity index is 970. The van der Waals surface area contributed by atoms with Crippen molar-refractivity contribution >= 4 is 30.5 Å². The number of carbonyl (C=O) groups excluding carboxylic acids is 2. The van der Waals surface area contributed by atoms with Crippen molar-refractivity contribution in [1.82, 2.24) is 15.4 Å². The van der Waals surface area contributed by atoms with Crippen LogP contribution in [0.15, 0.2) is 30.5 Å². The predicted molar refractivity (Wildman–Crippen MR) is 124 cm³/mol. The third-order valence-corrected chi connectivity index (χ3v) is 6.08. The number of aromatic amines is 1. The summed E-state index contributed by atoms with van der Waals surface area (Å²) in [6.07, 6.45) is 2.56. The van der Waals surface area contributed by atoms with Gasteiger partial charge in [-0.1, -0.05) is 32.0 Å². The maximum atomic E-state index is 13.1. The molecule has 0 aliphatic carbocycles. The van der Waals surface area contributed by atoms with Crippen molar-refractivity contribution in [3.8, 4) is 0 Å². The molecule has 2 aromatic rings. The summed E-state index contributed by atoms with van der Waals surface area (Å²) >= 11 is 0. The molecule has 0 fully saturated rings. The number of amides is 1. The number of nitrogens with one attached hydrogen (secondary N) is 3. The largest absolute Gasteiger partial charge is 1.00 e. The van der Waals surface area contributed by atoms with Gasteiger partial charge in [-0.15, -0.1) is 0 Å². The molecule has 1 unspecified atom stereocenters. The summed E-state index contributed by atoms with van der Waals surface area (Å²) in [5, 5.41) is 5.92. The normalized spacial score (nSPS) is 14.8. The van der Waals surface area contributed by atoms with Gasteiger partial charge in [-0.3, -0.25) is 9.36 Å². The molecule has 0 aliphatic heterocycles. The molecule has 0 spiro atoms. The summed E-state index contributed by atoms with van der Waals surface area (Å²) < 4.78 is 22.3. The standard InChI is InChI=1S/C22H35N4O6P.Li/c1-4-31-22(28)20(13-16-14-24-18-9-6-5-8-17(16)18)25-21(27)19(12-15(2)3)26-33(29,30)32-11-7-10-23;/h5-6,8-9,14-15,19-20,24H,4,7,10-13,23H2,1-3H3,(H,25,27)(H2,26,29,30);/q;+1/p-1/t19-,20-;/m0./s1. The van der Waals surface area contributed by atoms with E-state index in [4.69, 9.17) is 15.0 Å². The number of nitrogens with two attached hydrogens (primary N) is 1. The quantitative estimate of drug-likeness (QED) is 0.109. The van der Waals surface area contributed by atoms with Crippen molar-refractivity contribution in [3.05, 3.63) is 36.0 Å². The number of carbonyl (C=O) groups is 2. The fraction of sp³-hybridized carbons (Fsp3) is 0.545. The van der Waals surface area contributed by atoms with Gasteiger partial charge in [0, 0.05) is 23.5 Å². The molecule has 1 amide bonds. The van der Waals surface area contributed by atoms with Crippen molar-refractivity contribution < 1.29 is 47.2 Å². The van der Waals surface area contributed by atoms with E-state index >= 15 is 0 Å². The van der Waals surface area contributed by atoms with Crippen LogP contribution in [0.3, 0.4) is 0 Å². The van der Waals surface area contributed by atoms with Gasteiger partial charge < -0.3 is 30.2 Å². The molecular formula is C22H34LiN4O6P. The maximum absolute atomic E-state index is 13.1. The molecule has 10 nitrogen and oxygen atoms in total. The molecule has 1 aromatic carbocycles. The summed E-state index contributed by atoms with van der Waals surface area (Å²) in [5.41, 5.74) is 7.10. The third kappa shape index (κ3) is 9.55. The van der Waals surface area contributed by atoms with Crippen LogP contribution in [0.5, 0.6) is 0 Å². The molecule has 1 aromatic heterocycles. The van der Waals surface area contributed by atoms with Crippen molar-refractivity contribution in [2.45, 2.75) is 52.1 Å². The maximum Gasteiger partial charge on any atom is 1.00 e. The third-order valence-electron chi connectivity index (χ3n) is 4.93. The van der Waals surface area contributed by atoms with Crippen LogP contribution in [0.25, 0.3) is 10.9 Å². The molecule has 0 saturated heterocycles. The molecule has 0 bridgehead atoms. The summed E-state index contributed by atoms with van der Waals surface area (Å²) in [6, 6.07) is 5.52. The number of para-hydroxylation sites is 1. The van der Waals surface area contributed by atoms with E-state index in [1.807, 2.05) is 38.1 Å². The van der Waals surface area contributed by atoms with Gasteiger partial charge in [0.25, 0.3) is 0 Å². The number of H-pyrrole nitrogens is 1. The van der Waals surface area contributed by atoms with Gasteiger partial charge in [0.2, 0.25) is 13.7 Å². The molecular weight excluding hydrogens is 454 g/mol. The smallest absolute Gasteiger partial charge is 0.766 e. The first kappa shape index (κ1) is 30.4. The second-order valence-corrected chi connectivity index (χ2v) is 9.67. The Morgan fingerprint density at radius 2 is 1.94 bits per heavy atom. The Balaban J connectivity index is 0.00000578. The number of benzene rings is 1. The van der Waals surface area contributed by atoms with Gasteiger partial charge in [0.1, 0.15) is 6.04 Å². The topological polar surface area (TPSA) is 159 Å². The van der Waals surface area contributed by atoms with Crippen LogP contribution >= 0.6 is 7.75 Å². The van der Waals surface area contributed by atoms with Gasteiger partial charge in [0.15, 0.2) is 0 Å². The Labute approximate surface area is 212 Å². The fourth-order valence-electron chi connectivity index (χ4n) is 3.41. The Morgan fingerprint density at radius 1 is 1.24 bits per heavy atom. The first-order chi connectivity index (χ1) is 15.7. The van der Waals surface area contributed by atoms with Crippen molar-refractivity contribution in [2.75, 3.05) is 19.8 Å². The van der Waals surface area contributed by atoms with Gasteiger partial charge in [-0.25, -0.2) is 9.88 Å². The van der Waals surface area contributed by atoms with E-state index in [0.717, 1.165) is 16.5 Å². The van der Waals surface area contributed by atoms with Gasteiger partial charge >= 0.3 is 24.8 Å². The van der Waals surface area contributed by atoms with E-state index in [-0.39, 0.29) is 57.4 Å². The number of ether oxygens (including phenoxy) is 1. The zero-order valence-corrected chi connectivity index (χ0v) is 21.2. The van der Waals surface area contributed by atoms with Crippen LogP contribution in [0.2, 0.25) is 0 Å². The first-order valence-electron chi connectivity index (χ1n) is 11.1. The fourth-order valence-corrected chi connectivity index (χ4v) is 4.46. The first-order valence-corrected chi connectivity index (χ1v) is 12.7. The van der Waals surface area contributed by atoms with Crippen LogP contribution in [0.1, 0.15) is 39.2 Å². The molecule has 34 heavy (non-hydrogen) atoms. The van der Waals surface area contributed by atoms with E-state index in [0.29, 0.717) is 6.42 Å². The van der Waals surface area contributed by atoms with E-state index < -0.39 is 31.7 Å². The minimum Gasteiger partial charge on any atom is -0.766 e. The number of esters is 1. The number of rotatable bonds is 14. The van der Waals surface area contributed by atoms with Crippen molar-refractivity contribution in [1.29, 1.82) is 0 Å². The number of aromatic nitrogens is 1. The summed E-state index contributed by atoms with van der Waals surface area (Å²) in [5.74, 6) is -1.21. The Morgan fingerprint density at radius 3 is 2.59 bits per heavy atom. The molecule has 0 aliphatic rings. The molecule has 5 N–H and O–H groups in total. The van der Waals surface area contributed by atoms with Crippen LogP contribution < -0.4 is 39.9 Å². The number of fused-ring (bicyclic) bond motifs is 1. The van der Waals surface area contributed by atoms with Crippen LogP contribution in [-0.4, -0.2) is 48.7 Å². The Hall–Kier alpha value is -1.63. The van der Waals surface area contributed by atoms with Gasteiger partial charge in [-0.2, -0.15) is 0 Å². The second-order valence-electron chi connectivity index (χ2n) is 8.16. The zero-order chi connectivity index (χ0) is 24.4. The molecule has 3 atom stereocenters. The summed E-state index contributed by atoms with van der Waals surface area (Å²) in [4.78, 5) is 41.1. The minimum atomic E-state index is -4.50. The average molecular weight is 488 g/mol. The van der Waals surface area contributed by atoms with E-state index in [1.165, 1.54) is 0 Å². The van der Waals surface area contributed by atoms with Crippen LogP contribution in [0, 0.1) is 5.92 Å². The number of hydrogen-bond donors (Lipinski definition) is 4. The minimum absolute atomic E-state index is 0. The summed E-state index contributed by atoms with van der Waals surface area (Å²) in [6.45, 7) is 5.76. The molecule has 0 saturated carbocycles. The van der Waals surface area contributed by atoms with Gasteiger partial charge in [0.05, 0.1) is 19.3 Å². The van der Waals surface area contributed by atoms with E-state index in [2.05, 4.69) is 15.4 Å². The van der Waals surface area contributed by atoms with Crippen molar-refractivity contribution in [2.24, 2.45) is 11.7 Å². The van der Waals surface area contributed by atoms with Crippen LogP contribution in [-0.2, 0) is 29.8 Å². The monoisotopic (exact) mass is 488 g/mol. The van der Waals surface area contributed by atoms with Crippen LogP contribution in [0.4, 0.5) is 0 Å². The summed E-state index contributed by atoms with van der Waals surface area (Å²) in [7, 11) is -4.50. The van der Waals surface area contributed by atoms with E-state index in [1.54, 1.807) is 13.1 Å². The second kappa shape index (κ2) is 14.7. The van der Waals surface area contributed by atoms with E-state index in [9.17, 15) is 19.0 Å². The van der Waals surface area contributed by atoms with Crippen molar-refractivity contribution in [3.63, 3.8) is 0 Å².